The molecule has 0 aliphatic heterocycles. The van der Waals surface area contributed by atoms with Crippen LogP contribution < -0.4 is 10.6 Å². The van der Waals surface area contributed by atoms with E-state index in [0.717, 1.165) is 12.1 Å². The first kappa shape index (κ1) is 17.3. The maximum absolute atomic E-state index is 8.81. The Morgan fingerprint density at radius 2 is 2.21 bits per heavy atom. The molecule has 0 aromatic heterocycles. The second kappa shape index (κ2) is 10.2. The zero-order valence-corrected chi connectivity index (χ0v) is 13.1. The lowest BCUT2D eigenvalue weighted by atomic mass is 10.1. The van der Waals surface area contributed by atoms with Crippen molar-refractivity contribution < 1.29 is 0 Å². The fourth-order valence-electron chi connectivity index (χ4n) is 1.39. The van der Waals surface area contributed by atoms with Crippen molar-refractivity contribution in [1.82, 2.24) is 10.6 Å². The van der Waals surface area contributed by atoms with Crippen LogP contribution in [0.1, 0.15) is 18.1 Å². The zero-order valence-electron chi connectivity index (χ0n) is 10.8. The second-order valence-electron chi connectivity index (χ2n) is 3.57. The quantitative estimate of drug-likeness (QED) is 0.369. The molecular formula is C14H17IN4. The van der Waals surface area contributed by atoms with Gasteiger partial charge in [-0.2, -0.15) is 5.26 Å². The molecule has 1 rings (SSSR count). The Bertz CT molecular complexity index is 497. The maximum atomic E-state index is 8.81. The minimum Gasteiger partial charge on any atom is -0.357 e. The summed E-state index contributed by atoms with van der Waals surface area (Å²) in [6, 6.07) is 9.50. The summed E-state index contributed by atoms with van der Waals surface area (Å²) in [4.78, 5) is 4.39. The highest BCUT2D eigenvalue weighted by Gasteiger charge is 1.97. The molecule has 5 heteroatoms. The number of benzene rings is 1. The van der Waals surface area contributed by atoms with Crippen LogP contribution >= 0.6 is 24.0 Å². The normalized spacial score (nSPS) is 9.74. The smallest absolute Gasteiger partial charge is 0.192 e. The van der Waals surface area contributed by atoms with Crippen molar-refractivity contribution in [2.75, 3.05) is 13.1 Å². The summed E-state index contributed by atoms with van der Waals surface area (Å²) >= 11 is 0. The third kappa shape index (κ3) is 6.68. The summed E-state index contributed by atoms with van der Waals surface area (Å²) < 4.78 is 0. The van der Waals surface area contributed by atoms with Gasteiger partial charge in [-0.25, -0.2) is 4.99 Å². The third-order valence-corrected chi connectivity index (χ3v) is 2.18. The van der Waals surface area contributed by atoms with Gasteiger partial charge in [-0.05, 0) is 24.6 Å². The number of rotatable bonds is 4. The largest absolute Gasteiger partial charge is 0.357 e. The zero-order chi connectivity index (χ0) is 13.2. The van der Waals surface area contributed by atoms with Crippen LogP contribution in [-0.4, -0.2) is 19.0 Å². The Balaban J connectivity index is 0.00000324. The molecule has 4 nitrogen and oxygen atoms in total. The van der Waals surface area contributed by atoms with E-state index in [1.54, 1.807) is 6.07 Å². The van der Waals surface area contributed by atoms with Gasteiger partial charge in [0, 0.05) is 6.54 Å². The maximum Gasteiger partial charge on any atom is 0.192 e. The van der Waals surface area contributed by atoms with Gasteiger partial charge >= 0.3 is 0 Å². The van der Waals surface area contributed by atoms with Gasteiger partial charge in [-0.3, -0.25) is 0 Å². The number of nitriles is 1. The number of hydrogen-bond donors (Lipinski definition) is 2. The molecule has 0 aliphatic carbocycles. The highest BCUT2D eigenvalue weighted by molar-refractivity contribution is 14.0. The first-order valence-electron chi connectivity index (χ1n) is 5.74. The molecular weight excluding hydrogens is 351 g/mol. The predicted molar refractivity (Wildman–Crippen MR) is 88.2 cm³/mol. The molecule has 1 aromatic carbocycles. The van der Waals surface area contributed by atoms with Crippen molar-refractivity contribution in [1.29, 1.82) is 5.26 Å². The van der Waals surface area contributed by atoms with Crippen LogP contribution in [0.5, 0.6) is 0 Å². The van der Waals surface area contributed by atoms with E-state index in [-0.39, 0.29) is 24.0 Å². The number of halogens is 1. The summed E-state index contributed by atoms with van der Waals surface area (Å²) in [6.45, 7) is 3.71. The molecule has 0 heterocycles. The topological polar surface area (TPSA) is 60.2 Å². The molecule has 2 N–H and O–H groups in total. The van der Waals surface area contributed by atoms with Crippen LogP contribution in [0.2, 0.25) is 0 Å². The molecule has 0 aliphatic rings. The van der Waals surface area contributed by atoms with Gasteiger partial charge < -0.3 is 10.6 Å². The van der Waals surface area contributed by atoms with E-state index in [0.29, 0.717) is 24.6 Å². The fraction of sp³-hybridized carbons (Fsp3) is 0.286. The Kier molecular flexibility index (Phi) is 9.29. The summed E-state index contributed by atoms with van der Waals surface area (Å²) in [5.74, 6) is 3.18. The summed E-state index contributed by atoms with van der Waals surface area (Å²) in [5.41, 5.74) is 1.64. The van der Waals surface area contributed by atoms with Crippen molar-refractivity contribution in [3.05, 3.63) is 35.4 Å². The summed E-state index contributed by atoms with van der Waals surface area (Å²) in [7, 11) is 0. The Morgan fingerprint density at radius 1 is 1.42 bits per heavy atom. The Morgan fingerprint density at radius 3 is 2.84 bits per heavy atom. The summed E-state index contributed by atoms with van der Waals surface area (Å²) in [6.07, 6.45) is 5.19. The van der Waals surface area contributed by atoms with E-state index in [4.69, 9.17) is 11.7 Å². The lowest BCUT2D eigenvalue weighted by molar-refractivity contribution is 0.865. The van der Waals surface area contributed by atoms with E-state index < -0.39 is 0 Å². The monoisotopic (exact) mass is 368 g/mol. The second-order valence-corrected chi connectivity index (χ2v) is 3.57. The number of terminal acetylenes is 1. The molecule has 0 bridgehead atoms. The SMILES string of the molecule is C#CCNC(=NCc1cccc(C#N)c1)NCC.I. The van der Waals surface area contributed by atoms with Crippen LogP contribution in [0.25, 0.3) is 0 Å². The van der Waals surface area contributed by atoms with Crippen LogP contribution in [0, 0.1) is 23.7 Å². The lowest BCUT2D eigenvalue weighted by Crippen LogP contribution is -2.37. The van der Waals surface area contributed by atoms with Gasteiger partial charge in [-0.15, -0.1) is 30.4 Å². The molecule has 0 saturated carbocycles. The Hall–Kier alpha value is -1.73. The molecule has 0 fully saturated rings. The van der Waals surface area contributed by atoms with E-state index in [9.17, 15) is 0 Å². The highest BCUT2D eigenvalue weighted by atomic mass is 127. The van der Waals surface area contributed by atoms with Crippen LogP contribution in [0.3, 0.4) is 0 Å². The van der Waals surface area contributed by atoms with Crippen molar-refractivity contribution in [3.63, 3.8) is 0 Å². The van der Waals surface area contributed by atoms with Crippen LogP contribution in [0.4, 0.5) is 0 Å². The van der Waals surface area contributed by atoms with Gasteiger partial charge in [0.15, 0.2) is 5.96 Å². The number of nitrogens with one attached hydrogen (secondary N) is 2. The molecule has 0 saturated heterocycles. The minimum atomic E-state index is 0. The summed E-state index contributed by atoms with van der Waals surface area (Å²) in [5, 5.41) is 14.9. The van der Waals surface area contributed by atoms with Gasteiger partial charge in [0.2, 0.25) is 0 Å². The lowest BCUT2D eigenvalue weighted by Gasteiger charge is -2.08. The van der Waals surface area contributed by atoms with Crippen molar-refractivity contribution in [2.24, 2.45) is 4.99 Å². The molecule has 100 valence electrons. The van der Waals surface area contributed by atoms with Gasteiger partial charge in [0.05, 0.1) is 24.7 Å². The van der Waals surface area contributed by atoms with Gasteiger partial charge in [-0.1, -0.05) is 18.1 Å². The highest BCUT2D eigenvalue weighted by Crippen LogP contribution is 2.05. The van der Waals surface area contributed by atoms with E-state index in [2.05, 4.69) is 27.6 Å². The van der Waals surface area contributed by atoms with Crippen molar-refractivity contribution >= 4 is 29.9 Å². The van der Waals surface area contributed by atoms with Gasteiger partial charge in [0.1, 0.15) is 0 Å². The molecule has 0 radical (unpaired) electrons. The number of hydrogen-bond acceptors (Lipinski definition) is 2. The molecule has 1 aromatic rings. The molecule has 19 heavy (non-hydrogen) atoms. The average Bonchev–Trinajstić information content (AvgIpc) is 2.42. The van der Waals surface area contributed by atoms with Gasteiger partial charge in [0.25, 0.3) is 0 Å². The number of nitrogens with zero attached hydrogens (tertiary/aromatic N) is 2. The molecule has 0 unspecified atom stereocenters. The van der Waals surface area contributed by atoms with E-state index >= 15 is 0 Å². The standard InChI is InChI=1S/C14H16N4.HI/c1-3-8-17-14(16-4-2)18-11-13-7-5-6-12(9-13)10-15;/h1,5-7,9H,4,8,11H2,2H3,(H2,16,17,18);1H. The van der Waals surface area contributed by atoms with Crippen LogP contribution in [-0.2, 0) is 6.54 Å². The number of guanidine groups is 1. The minimum absolute atomic E-state index is 0. The third-order valence-electron chi connectivity index (χ3n) is 2.18. The van der Waals surface area contributed by atoms with Crippen molar-refractivity contribution in [2.45, 2.75) is 13.5 Å². The molecule has 0 spiro atoms. The molecule has 0 atom stereocenters. The first-order chi connectivity index (χ1) is 8.80. The number of aliphatic imine (C=N–C) groups is 1. The van der Waals surface area contributed by atoms with E-state index in [1.165, 1.54) is 0 Å². The predicted octanol–water partition coefficient (Wildman–Crippen LogP) is 1.86. The van der Waals surface area contributed by atoms with Crippen LogP contribution in [0.15, 0.2) is 29.3 Å². The fourth-order valence-corrected chi connectivity index (χ4v) is 1.39. The Labute approximate surface area is 131 Å². The van der Waals surface area contributed by atoms with Crippen molar-refractivity contribution in [3.8, 4) is 18.4 Å². The van der Waals surface area contributed by atoms with E-state index in [1.807, 2.05) is 25.1 Å². The average molecular weight is 368 g/mol. The first-order valence-corrected chi connectivity index (χ1v) is 5.74. The molecule has 0 amide bonds.